The number of nitrogens with zero attached hydrogens (tertiary/aromatic N) is 3. The first-order valence-corrected chi connectivity index (χ1v) is 8.24. The first kappa shape index (κ1) is 16.5. The summed E-state index contributed by atoms with van der Waals surface area (Å²) in [4.78, 5) is 1.18. The van der Waals surface area contributed by atoms with Crippen LogP contribution in [0.25, 0.3) is 0 Å². The van der Waals surface area contributed by atoms with Crippen LogP contribution in [0.1, 0.15) is 11.4 Å². The van der Waals surface area contributed by atoms with E-state index in [0.717, 1.165) is 28.5 Å². The molecule has 1 heterocycles. The number of aromatic nitrogens is 3. The van der Waals surface area contributed by atoms with Crippen LogP contribution in [0.3, 0.4) is 0 Å². The summed E-state index contributed by atoms with van der Waals surface area (Å²) >= 11 is 5.16. The third-order valence-corrected chi connectivity index (χ3v) is 4.72. The summed E-state index contributed by atoms with van der Waals surface area (Å²) in [5.41, 5.74) is 1.23. The van der Waals surface area contributed by atoms with Gasteiger partial charge in [0, 0.05) is 36.6 Å². The molecule has 0 aliphatic rings. The summed E-state index contributed by atoms with van der Waals surface area (Å²) in [6.45, 7) is 4.28. The highest BCUT2D eigenvalue weighted by molar-refractivity contribution is 9.10. The van der Waals surface area contributed by atoms with Gasteiger partial charge in [-0.05, 0) is 42.4 Å². The van der Waals surface area contributed by atoms with Crippen molar-refractivity contribution in [3.8, 4) is 0 Å². The molecule has 0 bridgehead atoms. The zero-order valence-corrected chi connectivity index (χ0v) is 14.8. The van der Waals surface area contributed by atoms with Crippen LogP contribution in [0.2, 0.25) is 0 Å². The molecule has 2 aromatic rings. The minimum absolute atomic E-state index is 0.707. The van der Waals surface area contributed by atoms with Gasteiger partial charge in [0.05, 0.1) is 6.61 Å². The highest BCUT2D eigenvalue weighted by Gasteiger charge is 2.10. The van der Waals surface area contributed by atoms with E-state index in [9.17, 15) is 0 Å². The van der Waals surface area contributed by atoms with E-state index in [-0.39, 0.29) is 0 Å². The van der Waals surface area contributed by atoms with Crippen molar-refractivity contribution in [1.29, 1.82) is 0 Å². The van der Waals surface area contributed by atoms with Crippen molar-refractivity contribution in [3.63, 3.8) is 0 Å². The van der Waals surface area contributed by atoms with Crippen molar-refractivity contribution >= 4 is 27.7 Å². The van der Waals surface area contributed by atoms with Gasteiger partial charge in [0.1, 0.15) is 5.82 Å². The molecule has 2 rings (SSSR count). The van der Waals surface area contributed by atoms with Crippen LogP contribution in [-0.2, 0) is 18.3 Å². The van der Waals surface area contributed by atoms with E-state index in [1.165, 1.54) is 10.5 Å². The number of methoxy groups -OCH3 is 1. The largest absolute Gasteiger partial charge is 0.383 e. The summed E-state index contributed by atoms with van der Waals surface area (Å²) in [6.07, 6.45) is 0. The van der Waals surface area contributed by atoms with Gasteiger partial charge in [0.2, 0.25) is 0 Å². The topological polar surface area (TPSA) is 52.0 Å². The average molecular weight is 371 g/mol. The molecule has 0 fully saturated rings. The Hall–Kier alpha value is -0.890. The summed E-state index contributed by atoms with van der Waals surface area (Å²) in [5.74, 6) is 0.911. The smallest absolute Gasteiger partial charge is 0.195 e. The van der Waals surface area contributed by atoms with Crippen LogP contribution in [0, 0.1) is 6.92 Å². The number of hydrogen-bond donors (Lipinski definition) is 1. The molecular formula is C14H19BrN4OS. The Morgan fingerprint density at radius 1 is 1.38 bits per heavy atom. The number of rotatable bonds is 7. The lowest BCUT2D eigenvalue weighted by Crippen LogP contribution is -2.18. The van der Waals surface area contributed by atoms with E-state index >= 15 is 0 Å². The van der Waals surface area contributed by atoms with E-state index in [0.29, 0.717) is 6.61 Å². The van der Waals surface area contributed by atoms with Crippen LogP contribution in [0.5, 0.6) is 0 Å². The summed E-state index contributed by atoms with van der Waals surface area (Å²) in [7, 11) is 3.69. The van der Waals surface area contributed by atoms with Crippen molar-refractivity contribution in [1.82, 2.24) is 20.1 Å². The Morgan fingerprint density at radius 2 is 2.19 bits per heavy atom. The zero-order valence-electron chi connectivity index (χ0n) is 12.4. The molecule has 5 nitrogen and oxygen atoms in total. The van der Waals surface area contributed by atoms with Crippen LogP contribution >= 0.6 is 27.7 Å². The van der Waals surface area contributed by atoms with E-state index in [4.69, 9.17) is 4.74 Å². The molecule has 1 N–H and O–H groups in total. The Morgan fingerprint density at radius 3 is 2.86 bits per heavy atom. The van der Waals surface area contributed by atoms with Crippen LogP contribution < -0.4 is 5.32 Å². The number of nitrogens with one attached hydrogen (secondary N) is 1. The molecule has 0 unspecified atom stereocenters. The lowest BCUT2D eigenvalue weighted by atomic mass is 10.2. The molecule has 0 aliphatic heterocycles. The van der Waals surface area contributed by atoms with Gasteiger partial charge in [-0.3, -0.25) is 0 Å². The molecule has 21 heavy (non-hydrogen) atoms. The highest BCUT2D eigenvalue weighted by Crippen LogP contribution is 2.31. The van der Waals surface area contributed by atoms with Crippen LogP contribution in [0.4, 0.5) is 0 Å². The standard InChI is InChI=1S/C14H19BrN4OS/c1-10-17-18-14(19(10)2)21-13-5-4-12(15)8-11(13)9-16-6-7-20-3/h4-5,8,16H,6-7,9H2,1-3H3. The van der Waals surface area contributed by atoms with Crippen molar-refractivity contribution in [3.05, 3.63) is 34.1 Å². The summed E-state index contributed by atoms with van der Waals surface area (Å²) in [5, 5.41) is 12.6. The molecule has 1 aromatic carbocycles. The van der Waals surface area contributed by atoms with Crippen molar-refractivity contribution in [2.45, 2.75) is 23.5 Å². The summed E-state index contributed by atoms with van der Waals surface area (Å²) < 4.78 is 8.12. The number of hydrogen-bond acceptors (Lipinski definition) is 5. The van der Waals surface area contributed by atoms with Crippen molar-refractivity contribution in [2.24, 2.45) is 7.05 Å². The average Bonchev–Trinajstić information content (AvgIpc) is 2.78. The number of halogens is 1. The zero-order chi connectivity index (χ0) is 15.2. The molecule has 7 heteroatoms. The quantitative estimate of drug-likeness (QED) is 0.759. The van der Waals surface area contributed by atoms with E-state index in [1.807, 2.05) is 24.6 Å². The molecule has 0 saturated carbocycles. The second-order valence-electron chi connectivity index (χ2n) is 4.61. The fourth-order valence-electron chi connectivity index (χ4n) is 1.76. The number of benzene rings is 1. The Balaban J connectivity index is 2.12. The molecule has 1 aromatic heterocycles. The maximum absolute atomic E-state index is 5.05. The molecular weight excluding hydrogens is 352 g/mol. The SMILES string of the molecule is COCCNCc1cc(Br)ccc1Sc1nnc(C)n1C. The fourth-order valence-corrected chi connectivity index (χ4v) is 3.11. The first-order valence-electron chi connectivity index (χ1n) is 6.63. The fraction of sp³-hybridized carbons (Fsp3) is 0.429. The third-order valence-electron chi connectivity index (χ3n) is 3.07. The second-order valence-corrected chi connectivity index (χ2v) is 6.54. The van der Waals surface area contributed by atoms with E-state index in [2.05, 4.69) is 43.6 Å². The minimum Gasteiger partial charge on any atom is -0.383 e. The number of ether oxygens (including phenoxy) is 1. The maximum Gasteiger partial charge on any atom is 0.195 e. The monoisotopic (exact) mass is 370 g/mol. The first-order chi connectivity index (χ1) is 10.1. The van der Waals surface area contributed by atoms with Crippen LogP contribution in [-0.4, -0.2) is 35.0 Å². The predicted octanol–water partition coefficient (Wildman–Crippen LogP) is 2.77. The third kappa shape index (κ3) is 4.54. The molecule has 0 amide bonds. The molecule has 0 atom stereocenters. The molecule has 0 spiro atoms. The predicted molar refractivity (Wildman–Crippen MR) is 87.6 cm³/mol. The van der Waals surface area contributed by atoms with Crippen molar-refractivity contribution in [2.75, 3.05) is 20.3 Å². The lowest BCUT2D eigenvalue weighted by molar-refractivity contribution is 0.199. The van der Waals surface area contributed by atoms with Gasteiger partial charge in [-0.1, -0.05) is 15.9 Å². The van der Waals surface area contributed by atoms with Gasteiger partial charge >= 0.3 is 0 Å². The molecule has 0 saturated heterocycles. The number of aryl methyl sites for hydroxylation is 1. The molecule has 0 radical (unpaired) electrons. The van der Waals surface area contributed by atoms with Crippen molar-refractivity contribution < 1.29 is 4.74 Å². The lowest BCUT2D eigenvalue weighted by Gasteiger charge is -2.10. The van der Waals surface area contributed by atoms with E-state index < -0.39 is 0 Å². The minimum atomic E-state index is 0.707. The van der Waals surface area contributed by atoms with Gasteiger partial charge in [-0.15, -0.1) is 10.2 Å². The van der Waals surface area contributed by atoms with Gasteiger partial charge in [0.25, 0.3) is 0 Å². The Bertz CT molecular complexity index is 603. The van der Waals surface area contributed by atoms with Gasteiger partial charge in [-0.2, -0.15) is 0 Å². The summed E-state index contributed by atoms with van der Waals surface area (Å²) in [6, 6.07) is 6.28. The Labute approximate surface area is 137 Å². The van der Waals surface area contributed by atoms with E-state index in [1.54, 1.807) is 18.9 Å². The molecule has 0 aliphatic carbocycles. The maximum atomic E-state index is 5.05. The second kappa shape index (κ2) is 7.93. The molecule has 114 valence electrons. The van der Waals surface area contributed by atoms with Gasteiger partial charge in [0.15, 0.2) is 5.16 Å². The Kier molecular flexibility index (Phi) is 6.22. The van der Waals surface area contributed by atoms with Gasteiger partial charge < -0.3 is 14.6 Å². The van der Waals surface area contributed by atoms with Crippen LogP contribution in [0.15, 0.2) is 32.7 Å². The highest BCUT2D eigenvalue weighted by atomic mass is 79.9. The normalized spacial score (nSPS) is 11.0. The van der Waals surface area contributed by atoms with Gasteiger partial charge in [-0.25, -0.2) is 0 Å².